The standard InChI is InChI=1S/C13H21NO.C12H11Ge.C9H13.Hf/c1-11-3-9-4-12(2,6-11)8-13(5-9,7-11)10(14)15;1-3-7-11(8-4-1)13-12-9-5-2-6-10-12;1-6-5-7(2)9(4)8(6)3;/h9H,3-8H2,1-2H3,(H2,14,15);1-10,13H;6H,1-4H3;/q;;;+1/p-1. The molecule has 1 N–H and O–H groups in total. The molecule has 0 spiro atoms. The Labute approximate surface area is 240 Å². The molecule has 4 saturated carbocycles. The molecular weight excluding hydrogens is 689 g/mol. The first-order chi connectivity index (χ1) is 18.0. The zero-order valence-corrected chi connectivity index (χ0v) is 30.2. The zero-order chi connectivity index (χ0) is 26.9. The van der Waals surface area contributed by atoms with Crippen LogP contribution in [0.5, 0.6) is 0 Å². The van der Waals surface area contributed by atoms with Gasteiger partial charge in [0.2, 0.25) is 0 Å². The van der Waals surface area contributed by atoms with E-state index < -0.39 is 29.9 Å². The van der Waals surface area contributed by atoms with E-state index in [1.807, 2.05) is 0 Å². The normalized spacial score (nSPS) is 33.9. The van der Waals surface area contributed by atoms with Crippen LogP contribution in [0, 0.1) is 28.1 Å². The third-order valence-corrected chi connectivity index (χ3v) is 54.3. The van der Waals surface area contributed by atoms with Crippen LogP contribution >= 0.6 is 0 Å². The minimum absolute atomic E-state index is 0.146. The fourth-order valence-electron chi connectivity index (χ4n) is 9.87. The summed E-state index contributed by atoms with van der Waals surface area (Å²) in [5, 5.41) is 0. The fourth-order valence-corrected chi connectivity index (χ4v) is 60.9. The minimum atomic E-state index is -2.90. The SMILES string of the molecule is CC1=C(C)C(C)[C]([Hf]([NH]C(=O)C23CC4CC(C)(CC(C)(C4)C2)C3)[GeH]([c]2ccccc2)[c]2ccccc2)=C1C. The van der Waals surface area contributed by atoms with Gasteiger partial charge in [-0.3, -0.25) is 0 Å². The molecule has 2 aromatic rings. The van der Waals surface area contributed by atoms with Crippen molar-refractivity contribution in [1.29, 1.82) is 0 Å². The summed E-state index contributed by atoms with van der Waals surface area (Å²) in [6.45, 7) is 14.4. The van der Waals surface area contributed by atoms with Crippen LogP contribution in [0.15, 0.2) is 80.7 Å². The third kappa shape index (κ3) is 4.52. The van der Waals surface area contributed by atoms with Crippen molar-refractivity contribution < 1.29 is 24.0 Å². The summed E-state index contributed by atoms with van der Waals surface area (Å²) >= 11 is -2.90. The van der Waals surface area contributed by atoms with Crippen molar-refractivity contribution >= 4 is 25.3 Å². The van der Waals surface area contributed by atoms with Crippen molar-refractivity contribution in [2.45, 2.75) is 80.1 Å². The van der Waals surface area contributed by atoms with Gasteiger partial charge in [-0.25, -0.2) is 0 Å². The van der Waals surface area contributed by atoms with Crippen molar-refractivity contribution in [1.82, 2.24) is 3.30 Å². The number of allylic oxidation sites excluding steroid dienone is 4. The molecule has 7 rings (SSSR count). The molecule has 0 aromatic heterocycles. The van der Waals surface area contributed by atoms with Gasteiger partial charge in [-0.1, -0.05) is 0 Å². The molecule has 1 amide bonds. The zero-order valence-electron chi connectivity index (χ0n) is 24.2. The van der Waals surface area contributed by atoms with E-state index in [2.05, 4.69) is 106 Å². The van der Waals surface area contributed by atoms with E-state index in [-0.39, 0.29) is 5.41 Å². The summed E-state index contributed by atoms with van der Waals surface area (Å²) in [6.07, 6.45) is 7.33. The number of hydrogen-bond donors (Lipinski definition) is 1. The van der Waals surface area contributed by atoms with Crippen molar-refractivity contribution in [2.75, 3.05) is 0 Å². The average molecular weight is 734 g/mol. The van der Waals surface area contributed by atoms with Gasteiger partial charge in [-0.2, -0.15) is 0 Å². The van der Waals surface area contributed by atoms with Crippen molar-refractivity contribution in [2.24, 2.45) is 28.1 Å². The second-order valence-corrected chi connectivity index (χ2v) is 45.2. The van der Waals surface area contributed by atoms with E-state index in [9.17, 15) is 4.79 Å². The molecule has 4 fully saturated rings. The van der Waals surface area contributed by atoms with Crippen molar-refractivity contribution in [3.05, 3.63) is 80.7 Å². The van der Waals surface area contributed by atoms with Crippen LogP contribution in [0.1, 0.15) is 80.1 Å². The van der Waals surface area contributed by atoms with Crippen molar-refractivity contribution in [3.8, 4) is 0 Å². The number of carbonyl (C=O) groups excluding carboxylic acids is 1. The molecule has 3 atom stereocenters. The number of benzene rings is 2. The van der Waals surface area contributed by atoms with E-state index in [0.717, 1.165) is 25.2 Å². The number of rotatable bonds is 6. The molecular formula is C34H44GeHfNO. The molecule has 0 heterocycles. The van der Waals surface area contributed by atoms with Crippen LogP contribution in [-0.4, -0.2) is 16.5 Å². The Morgan fingerprint density at radius 2 is 1.34 bits per heavy atom. The summed E-state index contributed by atoms with van der Waals surface area (Å²) in [7, 11) is -2.31. The maximum atomic E-state index is 14.8. The summed E-state index contributed by atoms with van der Waals surface area (Å²) in [5.74, 6) is 1.65. The Morgan fingerprint density at radius 3 is 1.79 bits per heavy atom. The van der Waals surface area contributed by atoms with Gasteiger partial charge in [0.25, 0.3) is 0 Å². The fraction of sp³-hybridized carbons (Fsp3) is 0.500. The quantitative estimate of drug-likeness (QED) is 0.341. The van der Waals surface area contributed by atoms with Gasteiger partial charge >= 0.3 is 242 Å². The molecule has 4 heteroatoms. The van der Waals surface area contributed by atoms with E-state index in [4.69, 9.17) is 0 Å². The topological polar surface area (TPSA) is 29.1 Å². The first-order valence-corrected chi connectivity index (χ1v) is 32.7. The molecule has 0 saturated heterocycles. The van der Waals surface area contributed by atoms with Gasteiger partial charge in [0.1, 0.15) is 0 Å². The Balaban J connectivity index is 1.45. The maximum absolute atomic E-state index is 14.8. The van der Waals surface area contributed by atoms with Gasteiger partial charge in [0.05, 0.1) is 0 Å². The summed E-state index contributed by atoms with van der Waals surface area (Å²) in [6, 6.07) is 22.7. The number of carbonyl (C=O) groups is 1. The Kier molecular flexibility index (Phi) is 6.90. The molecule has 0 aliphatic heterocycles. The van der Waals surface area contributed by atoms with Gasteiger partial charge < -0.3 is 0 Å². The summed E-state index contributed by atoms with van der Waals surface area (Å²) in [4.78, 5) is 14.8. The summed E-state index contributed by atoms with van der Waals surface area (Å²) in [5.41, 5.74) is 5.05. The van der Waals surface area contributed by atoms with E-state index in [1.54, 1.807) is 12.1 Å². The Bertz CT molecular complexity index is 1260. The molecule has 0 radical (unpaired) electrons. The van der Waals surface area contributed by atoms with Gasteiger partial charge in [-0.15, -0.1) is 0 Å². The number of nitrogens with one attached hydrogen (secondary N) is 1. The molecule has 4 bridgehead atoms. The van der Waals surface area contributed by atoms with Gasteiger partial charge in [0, 0.05) is 0 Å². The van der Waals surface area contributed by atoms with Crippen LogP contribution in [0.2, 0.25) is 0 Å². The van der Waals surface area contributed by atoms with Crippen LogP contribution in [0.4, 0.5) is 0 Å². The number of amides is 1. The predicted octanol–water partition coefficient (Wildman–Crippen LogP) is 6.43. The molecule has 5 aliphatic carbocycles. The van der Waals surface area contributed by atoms with Gasteiger partial charge in [-0.05, 0) is 0 Å². The van der Waals surface area contributed by atoms with Crippen LogP contribution < -0.4 is 12.1 Å². The van der Waals surface area contributed by atoms with E-state index >= 15 is 0 Å². The Morgan fingerprint density at radius 1 is 0.816 bits per heavy atom. The molecule has 2 nitrogen and oxygen atoms in total. The monoisotopic (exact) mass is 736 g/mol. The van der Waals surface area contributed by atoms with Crippen molar-refractivity contribution in [3.63, 3.8) is 0 Å². The van der Waals surface area contributed by atoms with Crippen LogP contribution in [0.25, 0.3) is 0 Å². The Hall–Kier alpha value is -1.20. The summed E-state index contributed by atoms with van der Waals surface area (Å²) < 4.78 is 8.91. The first-order valence-electron chi connectivity index (χ1n) is 14.7. The predicted molar refractivity (Wildman–Crippen MR) is 158 cm³/mol. The molecule has 38 heavy (non-hydrogen) atoms. The molecule has 2 aromatic carbocycles. The van der Waals surface area contributed by atoms with E-state index in [0.29, 0.717) is 22.7 Å². The van der Waals surface area contributed by atoms with E-state index in [1.165, 1.54) is 36.0 Å². The van der Waals surface area contributed by atoms with Crippen LogP contribution in [0.3, 0.4) is 0 Å². The first kappa shape index (κ1) is 27.0. The van der Waals surface area contributed by atoms with Crippen LogP contribution in [-0.2, 0) is 24.0 Å². The second-order valence-electron chi connectivity index (χ2n) is 14.1. The number of hydrogen-bond acceptors (Lipinski definition) is 1. The molecule has 5 aliphatic rings. The average Bonchev–Trinajstić information content (AvgIpc) is 3.05. The van der Waals surface area contributed by atoms with Gasteiger partial charge in [0.15, 0.2) is 0 Å². The molecule has 3 unspecified atom stereocenters. The second kappa shape index (κ2) is 9.72. The molecule has 199 valence electrons. The third-order valence-electron chi connectivity index (χ3n) is 10.8.